The van der Waals surface area contributed by atoms with E-state index < -0.39 is 11.7 Å². The molecule has 144 valence electrons. The maximum absolute atomic E-state index is 11.9. The second-order valence-corrected chi connectivity index (χ2v) is 7.71. The van der Waals surface area contributed by atoms with Crippen LogP contribution in [0.1, 0.15) is 36.0 Å². The van der Waals surface area contributed by atoms with Gasteiger partial charge < -0.3 is 20.7 Å². The van der Waals surface area contributed by atoms with Crippen molar-refractivity contribution in [2.24, 2.45) is 0 Å². The molecule has 0 fully saturated rings. The molecule has 0 bridgehead atoms. The fourth-order valence-electron chi connectivity index (χ4n) is 2.05. The molecule has 1 heterocycles. The summed E-state index contributed by atoms with van der Waals surface area (Å²) in [4.78, 5) is 36.0. The van der Waals surface area contributed by atoms with E-state index in [1.807, 2.05) is 23.6 Å². The van der Waals surface area contributed by atoms with E-state index in [1.165, 1.54) is 11.3 Å². The van der Waals surface area contributed by atoms with E-state index in [2.05, 4.69) is 16.0 Å². The standard InChI is InChI=1S/C19H23N3O4S/c1-19(2,3)26-18(25)21-12-16(23)22-14-8-6-13(7-9-14)11-20-17(24)15-5-4-10-27-15/h4-10H,11-12H2,1-3H3,(H,20,24)(H,21,25)(H,22,23). The van der Waals surface area contributed by atoms with E-state index in [0.717, 1.165) is 5.56 Å². The molecule has 0 radical (unpaired) electrons. The van der Waals surface area contributed by atoms with E-state index in [1.54, 1.807) is 39.0 Å². The maximum Gasteiger partial charge on any atom is 0.408 e. The molecule has 0 spiro atoms. The normalized spacial score (nSPS) is 10.8. The summed E-state index contributed by atoms with van der Waals surface area (Å²) in [5.74, 6) is -0.477. The molecule has 0 saturated carbocycles. The topological polar surface area (TPSA) is 96.5 Å². The SMILES string of the molecule is CC(C)(C)OC(=O)NCC(=O)Nc1ccc(CNC(=O)c2cccs2)cc1. The lowest BCUT2D eigenvalue weighted by Crippen LogP contribution is -2.37. The average Bonchev–Trinajstić information content (AvgIpc) is 3.12. The van der Waals surface area contributed by atoms with Gasteiger partial charge in [0.1, 0.15) is 12.1 Å². The van der Waals surface area contributed by atoms with E-state index in [9.17, 15) is 14.4 Å². The molecular formula is C19H23N3O4S. The van der Waals surface area contributed by atoms with Gasteiger partial charge in [0.25, 0.3) is 5.91 Å². The summed E-state index contributed by atoms with van der Waals surface area (Å²) < 4.78 is 5.06. The van der Waals surface area contributed by atoms with Crippen LogP contribution in [0.4, 0.5) is 10.5 Å². The first-order valence-corrected chi connectivity index (χ1v) is 9.28. The Labute approximate surface area is 162 Å². The molecule has 0 unspecified atom stereocenters. The number of carbonyl (C=O) groups is 3. The summed E-state index contributed by atoms with van der Waals surface area (Å²) in [5, 5.41) is 9.76. The van der Waals surface area contributed by atoms with Crippen LogP contribution in [-0.2, 0) is 16.1 Å². The van der Waals surface area contributed by atoms with Crippen molar-refractivity contribution < 1.29 is 19.1 Å². The van der Waals surface area contributed by atoms with Crippen molar-refractivity contribution in [2.45, 2.75) is 32.9 Å². The maximum atomic E-state index is 11.9. The average molecular weight is 389 g/mol. The van der Waals surface area contributed by atoms with Gasteiger partial charge in [-0.2, -0.15) is 0 Å². The summed E-state index contributed by atoms with van der Waals surface area (Å²) in [6, 6.07) is 10.7. The fraction of sp³-hybridized carbons (Fsp3) is 0.316. The molecule has 0 saturated heterocycles. The third-order valence-corrected chi connectivity index (χ3v) is 4.10. The first-order chi connectivity index (χ1) is 12.7. The van der Waals surface area contributed by atoms with Gasteiger partial charge >= 0.3 is 6.09 Å². The van der Waals surface area contributed by atoms with E-state index in [4.69, 9.17) is 4.74 Å². The van der Waals surface area contributed by atoms with E-state index >= 15 is 0 Å². The van der Waals surface area contributed by atoms with Crippen molar-refractivity contribution in [3.8, 4) is 0 Å². The first-order valence-electron chi connectivity index (χ1n) is 8.40. The van der Waals surface area contributed by atoms with Gasteiger partial charge in [0, 0.05) is 12.2 Å². The minimum atomic E-state index is -0.644. The van der Waals surface area contributed by atoms with Gasteiger partial charge in [-0.1, -0.05) is 18.2 Å². The molecule has 2 aromatic rings. The van der Waals surface area contributed by atoms with Crippen molar-refractivity contribution in [3.63, 3.8) is 0 Å². The molecule has 3 amide bonds. The second-order valence-electron chi connectivity index (χ2n) is 6.76. The van der Waals surface area contributed by atoms with Gasteiger partial charge in [0.15, 0.2) is 0 Å². The Morgan fingerprint density at radius 1 is 1.04 bits per heavy atom. The van der Waals surface area contributed by atoms with Crippen molar-refractivity contribution in [2.75, 3.05) is 11.9 Å². The number of hydrogen-bond acceptors (Lipinski definition) is 5. The van der Waals surface area contributed by atoms with Crippen molar-refractivity contribution in [1.82, 2.24) is 10.6 Å². The van der Waals surface area contributed by atoms with Gasteiger partial charge in [-0.3, -0.25) is 9.59 Å². The summed E-state index contributed by atoms with van der Waals surface area (Å²) in [6.07, 6.45) is -0.644. The van der Waals surface area contributed by atoms with Crippen LogP contribution in [0, 0.1) is 0 Å². The molecule has 1 aromatic carbocycles. The van der Waals surface area contributed by atoms with Crippen LogP contribution < -0.4 is 16.0 Å². The molecule has 27 heavy (non-hydrogen) atoms. The van der Waals surface area contributed by atoms with Crippen LogP contribution in [0.25, 0.3) is 0 Å². The number of benzene rings is 1. The zero-order valence-electron chi connectivity index (χ0n) is 15.5. The Morgan fingerprint density at radius 2 is 1.74 bits per heavy atom. The van der Waals surface area contributed by atoms with E-state index in [-0.39, 0.29) is 18.4 Å². The third kappa shape index (κ3) is 7.49. The smallest absolute Gasteiger partial charge is 0.408 e. The Bertz CT molecular complexity index is 780. The largest absolute Gasteiger partial charge is 0.444 e. The Morgan fingerprint density at radius 3 is 2.33 bits per heavy atom. The predicted octanol–water partition coefficient (Wildman–Crippen LogP) is 3.14. The summed E-state index contributed by atoms with van der Waals surface area (Å²) in [6.45, 7) is 5.45. The summed E-state index contributed by atoms with van der Waals surface area (Å²) >= 11 is 1.39. The van der Waals surface area contributed by atoms with Crippen LogP contribution >= 0.6 is 11.3 Å². The molecule has 0 aliphatic rings. The third-order valence-electron chi connectivity index (χ3n) is 3.23. The molecule has 7 nitrogen and oxygen atoms in total. The molecule has 0 aliphatic carbocycles. The quantitative estimate of drug-likeness (QED) is 0.707. The monoisotopic (exact) mass is 389 g/mol. The molecule has 8 heteroatoms. The minimum Gasteiger partial charge on any atom is -0.444 e. The van der Waals surface area contributed by atoms with Crippen LogP contribution in [0.3, 0.4) is 0 Å². The van der Waals surface area contributed by atoms with Gasteiger partial charge in [-0.15, -0.1) is 11.3 Å². The highest BCUT2D eigenvalue weighted by molar-refractivity contribution is 7.12. The Balaban J connectivity index is 1.75. The highest BCUT2D eigenvalue weighted by atomic mass is 32.1. The van der Waals surface area contributed by atoms with Crippen molar-refractivity contribution >= 4 is 34.9 Å². The van der Waals surface area contributed by atoms with Gasteiger partial charge in [0.2, 0.25) is 5.91 Å². The number of rotatable bonds is 6. The van der Waals surface area contributed by atoms with E-state index in [0.29, 0.717) is 17.1 Å². The van der Waals surface area contributed by atoms with Crippen molar-refractivity contribution in [1.29, 1.82) is 0 Å². The fourth-order valence-corrected chi connectivity index (χ4v) is 2.70. The lowest BCUT2D eigenvalue weighted by atomic mass is 10.2. The molecule has 0 aliphatic heterocycles. The van der Waals surface area contributed by atoms with Gasteiger partial charge in [-0.05, 0) is 49.9 Å². The molecule has 0 atom stereocenters. The second kappa shape index (κ2) is 9.18. The summed E-state index contributed by atoms with van der Waals surface area (Å²) in [5.41, 5.74) is 0.888. The number of amides is 3. The highest BCUT2D eigenvalue weighted by Gasteiger charge is 2.16. The molecular weight excluding hydrogens is 366 g/mol. The number of ether oxygens (including phenoxy) is 1. The highest BCUT2D eigenvalue weighted by Crippen LogP contribution is 2.11. The van der Waals surface area contributed by atoms with Gasteiger partial charge in [-0.25, -0.2) is 4.79 Å². The van der Waals surface area contributed by atoms with Crippen LogP contribution in [0.5, 0.6) is 0 Å². The Hall–Kier alpha value is -2.87. The van der Waals surface area contributed by atoms with Crippen LogP contribution in [0.15, 0.2) is 41.8 Å². The van der Waals surface area contributed by atoms with Gasteiger partial charge in [0.05, 0.1) is 4.88 Å². The number of alkyl carbamates (subject to hydrolysis) is 1. The minimum absolute atomic E-state index is 0.115. The predicted molar refractivity (Wildman–Crippen MR) is 105 cm³/mol. The lowest BCUT2D eigenvalue weighted by Gasteiger charge is -2.19. The zero-order chi connectivity index (χ0) is 19.9. The van der Waals surface area contributed by atoms with Crippen LogP contribution in [-0.4, -0.2) is 30.1 Å². The Kier molecular flexibility index (Phi) is 6.95. The molecule has 3 N–H and O–H groups in total. The number of nitrogens with one attached hydrogen (secondary N) is 3. The summed E-state index contributed by atoms with van der Waals surface area (Å²) in [7, 11) is 0. The van der Waals surface area contributed by atoms with Crippen LogP contribution in [0.2, 0.25) is 0 Å². The first kappa shape index (κ1) is 20.4. The lowest BCUT2D eigenvalue weighted by molar-refractivity contribution is -0.115. The number of hydrogen-bond donors (Lipinski definition) is 3. The van der Waals surface area contributed by atoms with Crippen molar-refractivity contribution in [3.05, 3.63) is 52.2 Å². The number of anilines is 1. The molecule has 1 aromatic heterocycles. The zero-order valence-corrected chi connectivity index (χ0v) is 16.3. The molecule has 2 rings (SSSR count). The number of thiophene rings is 1. The number of carbonyl (C=O) groups excluding carboxylic acids is 3.